The molecule has 7 aliphatic rings. The highest BCUT2D eigenvalue weighted by atomic mass is 32.1. The molecule has 0 aromatic carbocycles. The van der Waals surface area contributed by atoms with Crippen LogP contribution in [0, 0.1) is 12.8 Å². The molecular weight excluding hydrogens is 1970 g/mol. The Kier molecular flexibility index (Phi) is 55.5. The quantitative estimate of drug-likeness (QED) is 0.0224. The smallest absolute Gasteiger partial charge is 0.407 e. The van der Waals surface area contributed by atoms with Gasteiger partial charge in [-0.1, -0.05) is 27.7 Å². The number of nitrogens with two attached hydrogens (primary N) is 6. The molecule has 0 aliphatic heterocycles. The topological polar surface area (TPSA) is 502 Å². The van der Waals surface area contributed by atoms with Gasteiger partial charge in [-0.15, -0.1) is 5.10 Å². The van der Waals surface area contributed by atoms with Crippen LogP contribution in [0.25, 0.3) is 33.9 Å². The zero-order chi connectivity index (χ0) is 87.8. The standard InChI is InChI=1S/C16H21N5O2.C16H25N5.2C14H22N6O.C14H22N6.C13H19N5O.12H2S/c1-23-16(22)19-12-5-4-11(8-12)18-15-9-13(10-2-3-10)20-14-6-7-17-21(14)15;1-10(2)6-14-8-15(19-13-5-4-12(17)7-13)21-16(20-14)11(3)9-18-21;1-21-7-6-16-12-9-14(18-11-3-2-10(15)8-11)20-13(19-12)4-5-17-20;1-19(6-7-21)13-9-14(17-11-3-2-10(15)8-11)20-12(18-13)4-5-16-20;1-8(2)11-6-13(17-10-4-3-9(15)5-10)20-14(18-11)7-12(16)19-20;1-2-19-13-8-12(16-10-4-3-9(14)7-10)18-11(17-13)5-6-15-18;;;;;;;;;;;;/h6-7,9-12,18H,2-5,8H2,1H3,(H,19,22);8-10,12-13,19H,4-7,17H2,1-3H3;4-5,9-11,18H,2-3,6-8,15H2,1H3,(H,16,19);4-5,9-11,17,21H,2-3,6-8,15H2,1H3;6-10,17H,3-5,15H2,1-2H3,(H2,16,19);5-6,8-10,16H,2-4,7,14H2,1H3;12*1H2/t11-,12-;12-,13-;2*10-,11-;2*9-,10-;;;;;;;;;;;;/m000000............/s1. The molecule has 12 atom stereocenters. The van der Waals surface area contributed by atoms with E-state index in [0.717, 1.165) is 232 Å². The number of alkyl carbamates (subject to hydrolysis) is 1. The number of nitrogens with zero attached hydrogens (tertiary/aromatic N) is 19. The van der Waals surface area contributed by atoms with Crippen molar-refractivity contribution in [2.45, 2.75) is 261 Å². The maximum Gasteiger partial charge on any atom is 0.407 e. The molecule has 7 aliphatic carbocycles. The summed E-state index contributed by atoms with van der Waals surface area (Å²) in [6, 6.07) is 25.6. The highest BCUT2D eigenvalue weighted by molar-refractivity contribution is 7.60. The molecule has 0 radical (unpaired) electrons. The number of aromatic nitrogens is 18. The maximum atomic E-state index is 11.3. The van der Waals surface area contributed by atoms with E-state index < -0.39 is 0 Å². The Hall–Kier alpha value is -7.09. The van der Waals surface area contributed by atoms with E-state index in [1.807, 2.05) is 81.1 Å². The summed E-state index contributed by atoms with van der Waals surface area (Å²) in [5.41, 5.74) is 45.2. The van der Waals surface area contributed by atoms with Crippen molar-refractivity contribution in [2.75, 3.05) is 102 Å². The first-order chi connectivity index (χ1) is 60.5. The van der Waals surface area contributed by atoms with Crippen LogP contribution < -0.4 is 86.6 Å². The normalized spacial score (nSPS) is 20.6. The van der Waals surface area contributed by atoms with E-state index in [-0.39, 0.29) is 187 Å². The summed E-state index contributed by atoms with van der Waals surface area (Å²) in [4.78, 5) is 40.8. The lowest BCUT2D eigenvalue weighted by Gasteiger charge is -2.20. The highest BCUT2D eigenvalue weighted by Gasteiger charge is 2.32. The average molecular weight is 2130 g/mol. The lowest BCUT2D eigenvalue weighted by Crippen LogP contribution is -2.33. The predicted octanol–water partition coefficient (Wildman–Crippen LogP) is 10.9. The zero-order valence-electron chi connectivity index (χ0n) is 79.8. The molecule has 7 fully saturated rings. The number of nitrogen functional groups attached to an aromatic ring is 1. The lowest BCUT2D eigenvalue weighted by atomic mass is 10.1. The summed E-state index contributed by atoms with van der Waals surface area (Å²) >= 11 is 0. The number of aliphatic hydroxyl groups excluding tert-OH is 1. The van der Waals surface area contributed by atoms with Crippen molar-refractivity contribution in [3.8, 4) is 5.88 Å². The fourth-order valence-corrected chi connectivity index (χ4v) is 17.3. The molecule has 0 unspecified atom stereocenters. The van der Waals surface area contributed by atoms with Crippen molar-refractivity contribution in [3.63, 3.8) is 0 Å². The molecule has 0 saturated heterocycles. The maximum absolute atomic E-state index is 11.3. The van der Waals surface area contributed by atoms with Crippen LogP contribution >= 0.6 is 162 Å². The Bertz CT molecular complexity index is 5520. The SMILES string of the molecule is CC(C)c1cc(N[C@H]2CC[C@H](N)C2)n2nc(N)cc2n1.CCOc1cc(N[C@H]2CC[C@H](N)C2)n2nccc2n1.CN(CCO)c1cc(N[C@H]2CC[C@H](N)C2)n2nccc2n1.COC(=O)N[C@H]1CC[C@H](Nc2cc(C3CC3)nc3ccnn23)C1.COCCNc1cc(N[C@H]2CC[C@H](N)C2)n2nccc2n1.Cc1cnn2c(N[C@H]3CC[C@H](N)C3)cc(CC(C)C)nc12.S.S.S.S.S.S.S.S.S.S.S.S. The number of anilines is 9. The van der Waals surface area contributed by atoms with E-state index in [4.69, 9.17) is 54.0 Å². The minimum Gasteiger partial charge on any atom is -0.478 e. The Morgan fingerprint density at radius 1 is 0.482 bits per heavy atom. The molecule has 0 bridgehead atoms. The number of methoxy groups -OCH3 is 2. The first kappa shape index (κ1) is 126. The van der Waals surface area contributed by atoms with Gasteiger partial charge in [0.05, 0.1) is 57.9 Å². The van der Waals surface area contributed by atoms with Crippen LogP contribution in [0.5, 0.6) is 5.88 Å². The third-order valence-electron chi connectivity index (χ3n) is 23.9. The first-order valence-corrected chi connectivity index (χ1v) is 44.8. The number of rotatable bonds is 26. The molecule has 1 amide bonds. The average Bonchev–Trinajstić information content (AvgIpc) is 1.63. The van der Waals surface area contributed by atoms with Crippen LogP contribution in [0.15, 0.2) is 97.7 Å². The van der Waals surface area contributed by atoms with Gasteiger partial charge in [-0.05, 0) is 161 Å². The number of fused-ring (bicyclic) bond motifs is 6. The van der Waals surface area contributed by atoms with Gasteiger partial charge in [-0.3, -0.25) is 0 Å². The van der Waals surface area contributed by atoms with Crippen LogP contribution in [0.3, 0.4) is 0 Å². The number of carbonyl (C=O) groups is 1. The second-order valence-corrected chi connectivity index (χ2v) is 35.2. The molecule has 12 aromatic heterocycles. The van der Waals surface area contributed by atoms with Gasteiger partial charge in [0.1, 0.15) is 52.4 Å². The van der Waals surface area contributed by atoms with E-state index in [1.165, 1.54) is 20.0 Å². The third-order valence-corrected chi connectivity index (χ3v) is 23.9. The largest absolute Gasteiger partial charge is 0.478 e. The fraction of sp³-hybridized carbons (Fsp3) is 0.575. The van der Waals surface area contributed by atoms with Gasteiger partial charge in [-0.2, -0.15) is 220 Å². The van der Waals surface area contributed by atoms with Crippen molar-refractivity contribution in [3.05, 3.63) is 120 Å². The monoisotopic (exact) mass is 2130 g/mol. The highest BCUT2D eigenvalue weighted by Crippen LogP contribution is 2.41. The summed E-state index contributed by atoms with van der Waals surface area (Å²) < 4.78 is 26.2. The van der Waals surface area contributed by atoms with Gasteiger partial charge >= 0.3 is 6.09 Å². The van der Waals surface area contributed by atoms with Gasteiger partial charge < -0.3 is 101 Å². The lowest BCUT2D eigenvalue weighted by molar-refractivity contribution is 0.166. The number of hydrogen-bond acceptors (Lipinski definition) is 31. The summed E-state index contributed by atoms with van der Waals surface area (Å²) in [6.07, 6.45) is 30.7. The van der Waals surface area contributed by atoms with Crippen LogP contribution in [-0.2, 0) is 15.9 Å². The predicted molar refractivity (Wildman–Crippen MR) is 615 cm³/mol. The van der Waals surface area contributed by atoms with Gasteiger partial charge in [0.15, 0.2) is 33.9 Å². The Balaban J connectivity index is 0.000000547. The number of aliphatic hydroxyl groups is 1. The molecule has 7 saturated carbocycles. The summed E-state index contributed by atoms with van der Waals surface area (Å²) in [5, 5.41) is 62.6. The van der Waals surface area contributed by atoms with E-state index in [9.17, 15) is 4.79 Å². The van der Waals surface area contributed by atoms with Gasteiger partial charge in [0.2, 0.25) is 5.88 Å². The van der Waals surface area contributed by atoms with Gasteiger partial charge in [0.25, 0.3) is 0 Å². The fourth-order valence-electron chi connectivity index (χ4n) is 17.3. The minimum atomic E-state index is -0.356. The molecule has 21 N–H and O–H groups in total. The van der Waals surface area contributed by atoms with Crippen molar-refractivity contribution >= 4 is 254 Å². The number of amides is 1. The molecule has 12 aromatic rings. The van der Waals surface area contributed by atoms with E-state index >= 15 is 0 Å². The zero-order valence-corrected chi connectivity index (χ0v) is 91.8. The van der Waals surface area contributed by atoms with Crippen LogP contribution in [-0.4, -0.2) is 225 Å². The van der Waals surface area contributed by atoms with Crippen molar-refractivity contribution < 1.29 is 24.1 Å². The Morgan fingerprint density at radius 3 is 1.36 bits per heavy atom. The molecule has 770 valence electrons. The summed E-state index contributed by atoms with van der Waals surface area (Å²) in [6.45, 7) is 15.3. The first-order valence-electron chi connectivity index (χ1n) is 44.8. The number of hydrogen-bond donors (Lipinski definition) is 15. The summed E-state index contributed by atoms with van der Waals surface area (Å²) in [7, 11) is 5.00. The minimum absolute atomic E-state index is 0. The molecule has 0 spiro atoms. The van der Waals surface area contributed by atoms with E-state index in [2.05, 4.69) is 156 Å². The van der Waals surface area contributed by atoms with Crippen LogP contribution in [0.1, 0.15) is 198 Å². The van der Waals surface area contributed by atoms with Gasteiger partial charge in [-0.25, -0.2) is 29.7 Å². The molecule has 137 heavy (non-hydrogen) atoms. The number of ether oxygens (including phenoxy) is 3. The van der Waals surface area contributed by atoms with Crippen molar-refractivity contribution in [1.29, 1.82) is 0 Å². The number of likely N-dealkylation sites (N-methyl/N-ethyl adjacent to an activating group) is 1. The van der Waals surface area contributed by atoms with Crippen molar-refractivity contribution in [2.24, 2.45) is 34.6 Å². The van der Waals surface area contributed by atoms with Gasteiger partial charge in [0, 0.05) is 195 Å². The second-order valence-electron chi connectivity index (χ2n) is 35.2. The van der Waals surface area contributed by atoms with E-state index in [0.29, 0.717) is 110 Å². The third kappa shape index (κ3) is 34.9. The number of nitrogens with one attached hydrogen (secondary N) is 8. The second kappa shape index (κ2) is 60.4. The molecule has 19 rings (SSSR count). The van der Waals surface area contributed by atoms with Crippen molar-refractivity contribution in [1.82, 2.24) is 92.9 Å². The molecular formula is C87H155N33O5S12. The van der Waals surface area contributed by atoms with Crippen LogP contribution in [0.2, 0.25) is 0 Å². The number of carbonyl (C=O) groups excluding carboxylic acids is 1. The molecule has 38 nitrogen and oxygen atoms in total. The van der Waals surface area contributed by atoms with E-state index in [1.54, 1.807) is 51.5 Å². The molecule has 12 heterocycles. The van der Waals surface area contributed by atoms with Crippen LogP contribution in [0.4, 0.5) is 57.2 Å². The Morgan fingerprint density at radius 2 is 0.912 bits per heavy atom. The Labute approximate surface area is 887 Å². The molecule has 50 heteroatoms. The summed E-state index contributed by atoms with van der Waals surface area (Å²) in [5.74, 6) is 10.1. The number of aryl methyl sites for hydroxylation is 1.